The zero-order valence-corrected chi connectivity index (χ0v) is 10.4. The van der Waals surface area contributed by atoms with Gasteiger partial charge in [0.1, 0.15) is 12.1 Å². The lowest BCUT2D eigenvalue weighted by atomic mass is 10.0. The third-order valence-electron chi connectivity index (χ3n) is 3.12. The van der Waals surface area contributed by atoms with E-state index in [0.717, 1.165) is 16.9 Å². The van der Waals surface area contributed by atoms with E-state index in [2.05, 4.69) is 34.2 Å². The van der Waals surface area contributed by atoms with Gasteiger partial charge in [0.25, 0.3) is 0 Å². The average molecular weight is 234 g/mol. The first-order valence-corrected chi connectivity index (χ1v) is 5.72. The number of nitrogens with one attached hydrogen (secondary N) is 1. The molecule has 2 rings (SSSR count). The zero-order valence-electron chi connectivity index (χ0n) is 10.4. The van der Waals surface area contributed by atoms with E-state index in [0.29, 0.717) is 12.5 Å². The Morgan fingerprint density at radius 3 is 2.88 bits per heavy atom. The van der Waals surface area contributed by atoms with Crippen LogP contribution in [0, 0.1) is 5.92 Å². The smallest absolute Gasteiger partial charge is 0.163 e. The molecule has 17 heavy (non-hydrogen) atoms. The topological polar surface area (TPSA) is 81.7 Å². The van der Waals surface area contributed by atoms with Crippen LogP contribution < -0.4 is 11.1 Å². The summed E-state index contributed by atoms with van der Waals surface area (Å²) in [4.78, 5) is 8.46. The first kappa shape index (κ1) is 11.8. The highest BCUT2D eigenvalue weighted by molar-refractivity contribution is 5.86. The van der Waals surface area contributed by atoms with Crippen molar-refractivity contribution in [3.05, 3.63) is 12.5 Å². The van der Waals surface area contributed by atoms with Gasteiger partial charge >= 0.3 is 0 Å². The van der Waals surface area contributed by atoms with Crippen LogP contribution in [0.3, 0.4) is 0 Å². The summed E-state index contributed by atoms with van der Waals surface area (Å²) in [6.07, 6.45) is 3.32. The Bertz CT molecular complexity index is 506. The molecular formula is C11H18N6. The van der Waals surface area contributed by atoms with Crippen molar-refractivity contribution in [1.82, 2.24) is 19.7 Å². The normalized spacial score (nSPS) is 14.8. The molecule has 92 valence electrons. The molecule has 2 aromatic heterocycles. The molecule has 3 N–H and O–H groups in total. The second-order valence-electron chi connectivity index (χ2n) is 4.37. The molecule has 0 saturated carbocycles. The minimum Gasteiger partial charge on any atom is -0.367 e. The fourth-order valence-electron chi connectivity index (χ4n) is 1.64. The van der Waals surface area contributed by atoms with Gasteiger partial charge in [-0.3, -0.25) is 4.68 Å². The van der Waals surface area contributed by atoms with Crippen LogP contribution >= 0.6 is 0 Å². The van der Waals surface area contributed by atoms with Gasteiger partial charge in [-0.05, 0) is 19.4 Å². The molecule has 0 fully saturated rings. The van der Waals surface area contributed by atoms with Gasteiger partial charge in [0.15, 0.2) is 5.65 Å². The summed E-state index contributed by atoms with van der Waals surface area (Å²) in [5.41, 5.74) is 6.48. The van der Waals surface area contributed by atoms with Crippen molar-refractivity contribution in [1.29, 1.82) is 0 Å². The van der Waals surface area contributed by atoms with E-state index in [1.54, 1.807) is 17.2 Å². The zero-order chi connectivity index (χ0) is 12.4. The molecule has 0 saturated heterocycles. The highest BCUT2D eigenvalue weighted by Gasteiger charge is 2.13. The molecule has 0 radical (unpaired) electrons. The molecule has 6 heteroatoms. The van der Waals surface area contributed by atoms with Crippen LogP contribution in [0.5, 0.6) is 0 Å². The molecule has 0 spiro atoms. The number of rotatable bonds is 4. The second kappa shape index (κ2) is 4.67. The van der Waals surface area contributed by atoms with E-state index in [9.17, 15) is 0 Å². The first-order chi connectivity index (χ1) is 8.13. The van der Waals surface area contributed by atoms with E-state index in [-0.39, 0.29) is 6.04 Å². The van der Waals surface area contributed by atoms with Gasteiger partial charge in [-0.2, -0.15) is 5.10 Å². The predicted molar refractivity (Wildman–Crippen MR) is 67.6 cm³/mol. The highest BCUT2D eigenvalue weighted by atomic mass is 15.3. The molecular weight excluding hydrogens is 216 g/mol. The largest absolute Gasteiger partial charge is 0.367 e. The quantitative estimate of drug-likeness (QED) is 0.816. The Kier molecular flexibility index (Phi) is 3.23. The summed E-state index contributed by atoms with van der Waals surface area (Å²) in [6.45, 7) is 4.86. The Labute approximate surface area is 100 Å². The number of aryl methyl sites for hydroxylation is 1. The summed E-state index contributed by atoms with van der Waals surface area (Å²) in [5, 5.41) is 8.48. The lowest BCUT2D eigenvalue weighted by Gasteiger charge is -2.20. The number of hydrogen-bond donors (Lipinski definition) is 2. The van der Waals surface area contributed by atoms with Gasteiger partial charge in [-0.15, -0.1) is 0 Å². The molecule has 2 atom stereocenters. The van der Waals surface area contributed by atoms with Crippen molar-refractivity contribution in [2.24, 2.45) is 18.7 Å². The number of hydrogen-bond acceptors (Lipinski definition) is 5. The van der Waals surface area contributed by atoms with Crippen molar-refractivity contribution in [2.45, 2.75) is 19.9 Å². The van der Waals surface area contributed by atoms with Gasteiger partial charge in [0, 0.05) is 13.1 Å². The summed E-state index contributed by atoms with van der Waals surface area (Å²) in [7, 11) is 1.87. The SMILES string of the molecule is CC(CN)C(C)Nc1ncnc2c1cnn2C. The van der Waals surface area contributed by atoms with Gasteiger partial charge in [-0.25, -0.2) is 9.97 Å². The number of aromatic nitrogens is 4. The van der Waals surface area contributed by atoms with E-state index < -0.39 is 0 Å². The summed E-state index contributed by atoms with van der Waals surface area (Å²) in [5.74, 6) is 1.20. The molecule has 0 aliphatic rings. The van der Waals surface area contributed by atoms with Crippen LogP contribution in [0.1, 0.15) is 13.8 Å². The second-order valence-corrected chi connectivity index (χ2v) is 4.37. The van der Waals surface area contributed by atoms with E-state index in [1.807, 2.05) is 7.05 Å². The molecule has 0 aliphatic carbocycles. The highest BCUT2D eigenvalue weighted by Crippen LogP contribution is 2.19. The molecule has 0 bridgehead atoms. The maximum absolute atomic E-state index is 5.65. The fourth-order valence-corrected chi connectivity index (χ4v) is 1.64. The van der Waals surface area contributed by atoms with Crippen LogP contribution in [-0.2, 0) is 7.05 Å². The lowest BCUT2D eigenvalue weighted by molar-refractivity contribution is 0.520. The summed E-state index contributed by atoms with van der Waals surface area (Å²) < 4.78 is 1.74. The van der Waals surface area contributed by atoms with Crippen molar-refractivity contribution >= 4 is 16.9 Å². The van der Waals surface area contributed by atoms with E-state index in [1.165, 1.54) is 0 Å². The van der Waals surface area contributed by atoms with E-state index in [4.69, 9.17) is 5.73 Å². The lowest BCUT2D eigenvalue weighted by Crippen LogP contribution is -2.29. The molecule has 2 unspecified atom stereocenters. The van der Waals surface area contributed by atoms with E-state index >= 15 is 0 Å². The number of nitrogens with two attached hydrogens (primary N) is 1. The van der Waals surface area contributed by atoms with Crippen LogP contribution in [0.2, 0.25) is 0 Å². The Hall–Kier alpha value is -1.69. The fraction of sp³-hybridized carbons (Fsp3) is 0.545. The molecule has 2 heterocycles. The minimum absolute atomic E-state index is 0.262. The van der Waals surface area contributed by atoms with Crippen molar-refractivity contribution in [2.75, 3.05) is 11.9 Å². The van der Waals surface area contributed by atoms with Gasteiger partial charge in [0.05, 0.1) is 11.6 Å². The number of fused-ring (bicyclic) bond motifs is 1. The molecule has 0 aliphatic heterocycles. The van der Waals surface area contributed by atoms with Crippen LogP contribution in [-0.4, -0.2) is 32.3 Å². The Morgan fingerprint density at radius 1 is 1.41 bits per heavy atom. The monoisotopic (exact) mass is 234 g/mol. The average Bonchev–Trinajstić information content (AvgIpc) is 2.71. The third-order valence-corrected chi connectivity index (χ3v) is 3.12. The van der Waals surface area contributed by atoms with Gasteiger partial charge < -0.3 is 11.1 Å². The van der Waals surface area contributed by atoms with Gasteiger partial charge in [0.2, 0.25) is 0 Å². The molecule has 6 nitrogen and oxygen atoms in total. The minimum atomic E-state index is 0.262. The summed E-state index contributed by atoms with van der Waals surface area (Å²) in [6, 6.07) is 0.262. The maximum atomic E-state index is 5.65. The number of anilines is 1. The van der Waals surface area contributed by atoms with Crippen molar-refractivity contribution in [3.63, 3.8) is 0 Å². The van der Waals surface area contributed by atoms with Crippen molar-refractivity contribution < 1.29 is 0 Å². The van der Waals surface area contributed by atoms with Crippen LogP contribution in [0.15, 0.2) is 12.5 Å². The molecule has 0 amide bonds. The Balaban J connectivity index is 2.30. The first-order valence-electron chi connectivity index (χ1n) is 5.72. The molecule has 0 aromatic carbocycles. The standard InChI is InChI=1S/C11H18N6/c1-7(4-12)8(2)16-10-9-5-15-17(3)11(9)14-6-13-10/h5-8H,4,12H2,1-3H3,(H,13,14,16). The summed E-state index contributed by atoms with van der Waals surface area (Å²) >= 11 is 0. The van der Waals surface area contributed by atoms with Gasteiger partial charge in [-0.1, -0.05) is 6.92 Å². The maximum Gasteiger partial charge on any atom is 0.163 e. The van der Waals surface area contributed by atoms with Crippen LogP contribution in [0.25, 0.3) is 11.0 Å². The van der Waals surface area contributed by atoms with Crippen LogP contribution in [0.4, 0.5) is 5.82 Å². The number of nitrogens with zero attached hydrogens (tertiary/aromatic N) is 4. The Morgan fingerprint density at radius 2 is 2.18 bits per heavy atom. The van der Waals surface area contributed by atoms with Crippen molar-refractivity contribution in [3.8, 4) is 0 Å². The third kappa shape index (κ3) is 2.21. The molecule has 2 aromatic rings. The predicted octanol–water partition coefficient (Wildman–Crippen LogP) is 0.758.